The lowest BCUT2D eigenvalue weighted by Gasteiger charge is -2.31. The number of nitrogens with one attached hydrogen (secondary N) is 2. The summed E-state index contributed by atoms with van der Waals surface area (Å²) in [5.41, 5.74) is 4.55. The van der Waals surface area contributed by atoms with Gasteiger partial charge in [0, 0.05) is 24.0 Å². The van der Waals surface area contributed by atoms with Gasteiger partial charge in [0.2, 0.25) is 0 Å². The number of fused-ring (bicyclic) bond motifs is 3. The lowest BCUT2D eigenvalue weighted by atomic mass is 9.98. The smallest absolute Gasteiger partial charge is 0.256 e. The molecule has 138 valence electrons. The van der Waals surface area contributed by atoms with E-state index < -0.39 is 0 Å². The van der Waals surface area contributed by atoms with Gasteiger partial charge >= 0.3 is 0 Å². The predicted octanol–water partition coefficient (Wildman–Crippen LogP) is 4.49. The zero-order valence-electron chi connectivity index (χ0n) is 15.9. The number of hydrogen-bond acceptors (Lipinski definition) is 4. The molecule has 0 saturated carbocycles. The van der Waals surface area contributed by atoms with Crippen molar-refractivity contribution in [3.8, 4) is 0 Å². The molecule has 0 unspecified atom stereocenters. The van der Waals surface area contributed by atoms with E-state index in [1.54, 1.807) is 11.3 Å². The Kier molecular flexibility index (Phi) is 4.53. The van der Waals surface area contributed by atoms with Crippen molar-refractivity contribution in [3.05, 3.63) is 51.4 Å². The molecule has 1 aromatic carbocycles. The number of amides is 1. The summed E-state index contributed by atoms with van der Waals surface area (Å²) < 4.78 is 0. The Labute approximate surface area is 159 Å². The van der Waals surface area contributed by atoms with Crippen LogP contribution in [-0.2, 0) is 13.0 Å². The monoisotopic (exact) mass is 369 g/mol. The van der Waals surface area contributed by atoms with Crippen molar-refractivity contribution >= 4 is 22.2 Å². The molecule has 1 amide bonds. The molecule has 26 heavy (non-hydrogen) atoms. The molecule has 2 aliphatic heterocycles. The van der Waals surface area contributed by atoms with Crippen LogP contribution in [0.3, 0.4) is 0 Å². The normalized spacial score (nSPS) is 19.9. The molecular weight excluding hydrogens is 342 g/mol. The van der Waals surface area contributed by atoms with Gasteiger partial charge in [-0.25, -0.2) is 0 Å². The van der Waals surface area contributed by atoms with Crippen LogP contribution in [0.5, 0.6) is 0 Å². The van der Waals surface area contributed by atoms with Crippen molar-refractivity contribution in [1.82, 2.24) is 10.2 Å². The van der Waals surface area contributed by atoms with Crippen molar-refractivity contribution in [2.24, 2.45) is 0 Å². The Morgan fingerprint density at radius 3 is 2.50 bits per heavy atom. The Bertz CT molecular complexity index is 823. The SMILES string of the molecule is CC(C)c1ccc([C@@H]2NC(=O)c3c(sc4c3CCN(C(C)C)C4)N2)cc1. The average Bonchev–Trinajstić information content (AvgIpc) is 2.99. The molecular formula is C21H27N3OS. The van der Waals surface area contributed by atoms with E-state index in [0.717, 1.165) is 35.6 Å². The number of rotatable bonds is 3. The molecule has 0 bridgehead atoms. The lowest BCUT2D eigenvalue weighted by molar-refractivity contribution is 0.0934. The number of hydrogen-bond donors (Lipinski definition) is 2. The lowest BCUT2D eigenvalue weighted by Crippen LogP contribution is -2.39. The van der Waals surface area contributed by atoms with Crippen molar-refractivity contribution in [2.45, 2.75) is 58.8 Å². The van der Waals surface area contributed by atoms with Crippen molar-refractivity contribution in [1.29, 1.82) is 0 Å². The molecule has 5 heteroatoms. The van der Waals surface area contributed by atoms with Crippen LogP contribution in [0.2, 0.25) is 0 Å². The van der Waals surface area contributed by atoms with Gasteiger partial charge in [-0.05, 0) is 42.9 Å². The second-order valence-electron chi connectivity index (χ2n) is 7.89. The fraction of sp³-hybridized carbons (Fsp3) is 0.476. The predicted molar refractivity (Wildman–Crippen MR) is 108 cm³/mol. The molecule has 0 spiro atoms. The molecule has 0 saturated heterocycles. The molecule has 2 N–H and O–H groups in total. The fourth-order valence-electron chi connectivity index (χ4n) is 3.82. The van der Waals surface area contributed by atoms with Crippen LogP contribution < -0.4 is 10.6 Å². The minimum atomic E-state index is -0.155. The van der Waals surface area contributed by atoms with E-state index in [4.69, 9.17) is 0 Å². The van der Waals surface area contributed by atoms with E-state index >= 15 is 0 Å². The minimum absolute atomic E-state index is 0.0622. The molecule has 4 rings (SSSR count). The molecule has 2 aliphatic rings. The van der Waals surface area contributed by atoms with Gasteiger partial charge < -0.3 is 10.6 Å². The highest BCUT2D eigenvalue weighted by Gasteiger charge is 2.33. The first-order valence-corrected chi connectivity index (χ1v) is 10.3. The Balaban J connectivity index is 1.60. The topological polar surface area (TPSA) is 44.4 Å². The van der Waals surface area contributed by atoms with Gasteiger partial charge in [-0.3, -0.25) is 9.69 Å². The van der Waals surface area contributed by atoms with Gasteiger partial charge in [0.15, 0.2) is 0 Å². The first kappa shape index (κ1) is 17.6. The summed E-state index contributed by atoms with van der Waals surface area (Å²) in [5.74, 6) is 0.574. The van der Waals surface area contributed by atoms with Crippen LogP contribution in [-0.4, -0.2) is 23.4 Å². The first-order chi connectivity index (χ1) is 12.4. The maximum absolute atomic E-state index is 12.8. The van der Waals surface area contributed by atoms with Crippen molar-refractivity contribution in [3.63, 3.8) is 0 Å². The van der Waals surface area contributed by atoms with Crippen LogP contribution in [0.15, 0.2) is 24.3 Å². The van der Waals surface area contributed by atoms with E-state index in [2.05, 4.69) is 67.5 Å². The molecule has 0 radical (unpaired) electrons. The third-order valence-electron chi connectivity index (χ3n) is 5.53. The van der Waals surface area contributed by atoms with Gasteiger partial charge in [-0.15, -0.1) is 11.3 Å². The number of benzene rings is 1. The maximum Gasteiger partial charge on any atom is 0.256 e. The summed E-state index contributed by atoms with van der Waals surface area (Å²) >= 11 is 1.76. The Morgan fingerprint density at radius 2 is 1.85 bits per heavy atom. The number of carbonyl (C=O) groups excluding carboxylic acids is 1. The average molecular weight is 370 g/mol. The Hall–Kier alpha value is -1.85. The van der Waals surface area contributed by atoms with Crippen LogP contribution >= 0.6 is 11.3 Å². The third kappa shape index (κ3) is 3.03. The molecule has 1 aromatic heterocycles. The molecule has 1 atom stereocenters. The zero-order chi connectivity index (χ0) is 18.4. The molecule has 2 aromatic rings. The molecule has 3 heterocycles. The second-order valence-corrected chi connectivity index (χ2v) is 9.00. The van der Waals surface area contributed by atoms with Gasteiger partial charge in [-0.1, -0.05) is 38.1 Å². The highest BCUT2D eigenvalue weighted by molar-refractivity contribution is 7.16. The van der Waals surface area contributed by atoms with E-state index in [9.17, 15) is 4.79 Å². The van der Waals surface area contributed by atoms with Crippen molar-refractivity contribution < 1.29 is 4.79 Å². The summed E-state index contributed by atoms with van der Waals surface area (Å²) in [7, 11) is 0. The van der Waals surface area contributed by atoms with Crippen LogP contribution in [0.4, 0.5) is 5.00 Å². The fourth-order valence-corrected chi connectivity index (χ4v) is 5.12. The second kappa shape index (κ2) is 6.71. The highest BCUT2D eigenvalue weighted by atomic mass is 32.1. The number of thiophene rings is 1. The van der Waals surface area contributed by atoms with Crippen LogP contribution in [0, 0.1) is 0 Å². The molecule has 4 nitrogen and oxygen atoms in total. The quantitative estimate of drug-likeness (QED) is 0.838. The number of nitrogens with zero attached hydrogens (tertiary/aromatic N) is 1. The van der Waals surface area contributed by atoms with Crippen molar-refractivity contribution in [2.75, 3.05) is 11.9 Å². The maximum atomic E-state index is 12.8. The summed E-state index contributed by atoms with van der Waals surface area (Å²) in [6.07, 6.45) is 0.805. The molecule has 0 aliphatic carbocycles. The summed E-state index contributed by atoms with van der Waals surface area (Å²) in [6.45, 7) is 10.8. The Morgan fingerprint density at radius 1 is 1.12 bits per heavy atom. The number of anilines is 1. The first-order valence-electron chi connectivity index (χ1n) is 9.50. The van der Waals surface area contributed by atoms with Gasteiger partial charge in [0.1, 0.15) is 11.2 Å². The minimum Gasteiger partial charge on any atom is -0.353 e. The van der Waals surface area contributed by atoms with Gasteiger partial charge in [0.05, 0.1) is 5.56 Å². The number of carbonyl (C=O) groups is 1. The van der Waals surface area contributed by atoms with Crippen LogP contribution in [0.1, 0.15) is 71.7 Å². The van der Waals surface area contributed by atoms with E-state index in [1.165, 1.54) is 16.0 Å². The third-order valence-corrected chi connectivity index (χ3v) is 6.68. The molecule has 0 fully saturated rings. The summed E-state index contributed by atoms with van der Waals surface area (Å²) in [5, 5.41) is 7.74. The van der Waals surface area contributed by atoms with Gasteiger partial charge in [-0.2, -0.15) is 0 Å². The van der Waals surface area contributed by atoms with E-state index in [-0.39, 0.29) is 12.1 Å². The standard InChI is InChI=1S/C21H27N3OS/c1-12(2)14-5-7-15(8-6-14)19-22-20(25)18-16-9-10-24(13(3)4)11-17(16)26-21(18)23-19/h5-8,12-13,19,23H,9-11H2,1-4H3,(H,22,25)/t19-/m1/s1. The zero-order valence-corrected chi connectivity index (χ0v) is 16.7. The van der Waals surface area contributed by atoms with E-state index in [1.807, 2.05) is 0 Å². The largest absolute Gasteiger partial charge is 0.353 e. The van der Waals surface area contributed by atoms with E-state index in [0.29, 0.717) is 12.0 Å². The van der Waals surface area contributed by atoms with Crippen LogP contribution in [0.25, 0.3) is 0 Å². The summed E-state index contributed by atoms with van der Waals surface area (Å²) in [6, 6.07) is 9.09. The summed E-state index contributed by atoms with van der Waals surface area (Å²) in [4.78, 5) is 16.7. The highest BCUT2D eigenvalue weighted by Crippen LogP contribution is 2.41. The van der Waals surface area contributed by atoms with Gasteiger partial charge in [0.25, 0.3) is 5.91 Å².